The molecule has 134 valence electrons. The Balaban J connectivity index is 1.55. The van der Waals surface area contributed by atoms with Crippen LogP contribution in [0, 0.1) is 5.82 Å². The first-order valence-electron chi connectivity index (χ1n) is 7.97. The van der Waals surface area contributed by atoms with Crippen molar-refractivity contribution in [1.82, 2.24) is 24.3 Å². The molecule has 0 bridgehead atoms. The minimum Gasteiger partial charge on any atom is -0.443 e. The standard InChI is InChI=1S/C16H16FN7O2/c17-14-3-12(24-7-13(4-18)26-16(24)25)1-2-15(14)22-5-11(20-10-22)6-23-9-19-8-21-23/h1-3,5,8-10,13H,4,6-7,18H2. The maximum Gasteiger partial charge on any atom is 0.414 e. The minimum absolute atomic E-state index is 0.229. The summed E-state index contributed by atoms with van der Waals surface area (Å²) in [7, 11) is 0. The monoisotopic (exact) mass is 357 g/mol. The SMILES string of the molecule is NCC1CN(c2ccc(-n3cnc(Cn4cncn4)c3)c(F)c2)C(=O)O1. The molecule has 1 saturated heterocycles. The molecule has 1 aromatic carbocycles. The molecule has 1 unspecified atom stereocenters. The maximum absolute atomic E-state index is 14.6. The van der Waals surface area contributed by atoms with Crippen LogP contribution in [0.4, 0.5) is 14.9 Å². The number of amides is 1. The van der Waals surface area contributed by atoms with Crippen LogP contribution in [0.5, 0.6) is 0 Å². The first-order valence-corrected chi connectivity index (χ1v) is 7.97. The van der Waals surface area contributed by atoms with E-state index in [4.69, 9.17) is 10.5 Å². The van der Waals surface area contributed by atoms with E-state index in [2.05, 4.69) is 15.1 Å². The van der Waals surface area contributed by atoms with Gasteiger partial charge in [0.1, 0.15) is 24.6 Å². The molecule has 1 fully saturated rings. The van der Waals surface area contributed by atoms with Crippen LogP contribution in [-0.4, -0.2) is 49.6 Å². The Bertz CT molecular complexity index is 925. The van der Waals surface area contributed by atoms with E-state index in [1.165, 1.54) is 23.6 Å². The molecule has 0 spiro atoms. The number of cyclic esters (lactones) is 1. The van der Waals surface area contributed by atoms with E-state index in [-0.39, 0.29) is 12.6 Å². The number of imidazole rings is 1. The highest BCUT2D eigenvalue weighted by atomic mass is 19.1. The van der Waals surface area contributed by atoms with E-state index in [1.807, 2.05) is 0 Å². The van der Waals surface area contributed by atoms with E-state index in [0.29, 0.717) is 30.2 Å². The summed E-state index contributed by atoms with van der Waals surface area (Å²) in [6, 6.07) is 4.55. The summed E-state index contributed by atoms with van der Waals surface area (Å²) in [6.07, 6.45) is 5.36. The largest absolute Gasteiger partial charge is 0.443 e. The van der Waals surface area contributed by atoms with E-state index >= 15 is 0 Å². The van der Waals surface area contributed by atoms with Gasteiger partial charge in [0.15, 0.2) is 0 Å². The molecule has 26 heavy (non-hydrogen) atoms. The number of halogens is 1. The molecule has 0 radical (unpaired) electrons. The Labute approximate surface area is 147 Å². The van der Waals surface area contributed by atoms with Gasteiger partial charge in [-0.15, -0.1) is 0 Å². The van der Waals surface area contributed by atoms with Crippen molar-refractivity contribution in [1.29, 1.82) is 0 Å². The predicted molar refractivity (Wildman–Crippen MR) is 89.3 cm³/mol. The topological polar surface area (TPSA) is 104 Å². The van der Waals surface area contributed by atoms with Crippen LogP contribution in [0.15, 0.2) is 43.4 Å². The second-order valence-corrected chi connectivity index (χ2v) is 5.85. The number of carbonyl (C=O) groups excluding carboxylic acids is 1. The summed E-state index contributed by atoms with van der Waals surface area (Å²) >= 11 is 0. The van der Waals surface area contributed by atoms with Gasteiger partial charge in [0.25, 0.3) is 0 Å². The van der Waals surface area contributed by atoms with Gasteiger partial charge in [-0.3, -0.25) is 4.90 Å². The second kappa shape index (κ2) is 6.56. The molecule has 1 aliphatic rings. The van der Waals surface area contributed by atoms with Crippen LogP contribution in [0.3, 0.4) is 0 Å². The van der Waals surface area contributed by atoms with Gasteiger partial charge in [-0.2, -0.15) is 5.10 Å². The number of anilines is 1. The van der Waals surface area contributed by atoms with E-state index in [0.717, 1.165) is 0 Å². The lowest BCUT2D eigenvalue weighted by Gasteiger charge is -2.14. The quantitative estimate of drug-likeness (QED) is 0.729. The third-order valence-electron chi connectivity index (χ3n) is 4.08. The van der Waals surface area contributed by atoms with E-state index in [9.17, 15) is 9.18 Å². The number of nitrogens with two attached hydrogens (primary N) is 1. The molecule has 1 amide bonds. The fourth-order valence-electron chi connectivity index (χ4n) is 2.79. The molecule has 2 N–H and O–H groups in total. The Kier molecular flexibility index (Phi) is 4.09. The smallest absolute Gasteiger partial charge is 0.414 e. The van der Waals surface area contributed by atoms with Crippen molar-refractivity contribution >= 4 is 11.8 Å². The fourth-order valence-corrected chi connectivity index (χ4v) is 2.79. The number of nitrogens with zero attached hydrogens (tertiary/aromatic N) is 6. The molecular formula is C16H16FN7O2. The molecule has 10 heteroatoms. The Morgan fingerprint density at radius 3 is 2.92 bits per heavy atom. The first kappa shape index (κ1) is 16.2. The van der Waals surface area contributed by atoms with Gasteiger partial charge in [-0.1, -0.05) is 0 Å². The average Bonchev–Trinajstić information content (AvgIpc) is 3.36. The summed E-state index contributed by atoms with van der Waals surface area (Å²) in [5, 5.41) is 4.01. The van der Waals surface area contributed by atoms with Crippen LogP contribution < -0.4 is 10.6 Å². The third-order valence-corrected chi connectivity index (χ3v) is 4.08. The molecule has 3 aromatic rings. The van der Waals surface area contributed by atoms with Crippen molar-refractivity contribution in [3.63, 3.8) is 0 Å². The van der Waals surface area contributed by atoms with Crippen molar-refractivity contribution in [2.45, 2.75) is 12.6 Å². The predicted octanol–water partition coefficient (Wildman–Crippen LogP) is 0.935. The highest BCUT2D eigenvalue weighted by Gasteiger charge is 2.31. The lowest BCUT2D eigenvalue weighted by atomic mass is 10.2. The Morgan fingerprint density at radius 2 is 2.23 bits per heavy atom. The van der Waals surface area contributed by atoms with Crippen molar-refractivity contribution in [3.05, 3.63) is 54.9 Å². The van der Waals surface area contributed by atoms with Crippen LogP contribution in [0.2, 0.25) is 0 Å². The first-order chi connectivity index (χ1) is 12.6. The highest BCUT2D eigenvalue weighted by molar-refractivity contribution is 5.89. The van der Waals surface area contributed by atoms with Gasteiger partial charge in [0.05, 0.1) is 36.5 Å². The molecular weight excluding hydrogens is 341 g/mol. The Hall–Kier alpha value is -3.27. The lowest BCUT2D eigenvalue weighted by Crippen LogP contribution is -2.27. The molecule has 4 rings (SSSR count). The van der Waals surface area contributed by atoms with Crippen molar-refractivity contribution in [3.8, 4) is 5.69 Å². The van der Waals surface area contributed by atoms with Gasteiger partial charge in [0.2, 0.25) is 0 Å². The molecule has 3 heterocycles. The molecule has 0 saturated carbocycles. The zero-order chi connectivity index (χ0) is 18.1. The van der Waals surface area contributed by atoms with Gasteiger partial charge >= 0.3 is 6.09 Å². The molecule has 2 aromatic heterocycles. The summed E-state index contributed by atoms with van der Waals surface area (Å²) in [5.41, 5.74) is 6.99. The van der Waals surface area contributed by atoms with Crippen LogP contribution >= 0.6 is 0 Å². The summed E-state index contributed by atoms with van der Waals surface area (Å²) < 4.78 is 22.9. The Morgan fingerprint density at radius 1 is 1.35 bits per heavy atom. The number of benzene rings is 1. The van der Waals surface area contributed by atoms with Gasteiger partial charge in [-0.25, -0.2) is 23.8 Å². The van der Waals surface area contributed by atoms with Crippen molar-refractivity contribution in [2.24, 2.45) is 5.73 Å². The van der Waals surface area contributed by atoms with Crippen LogP contribution in [-0.2, 0) is 11.3 Å². The number of aromatic nitrogens is 5. The zero-order valence-corrected chi connectivity index (χ0v) is 13.7. The highest BCUT2D eigenvalue weighted by Crippen LogP contribution is 2.25. The summed E-state index contributed by atoms with van der Waals surface area (Å²) in [4.78, 5) is 21.4. The number of hydrogen-bond donors (Lipinski definition) is 1. The van der Waals surface area contributed by atoms with Crippen molar-refractivity contribution < 1.29 is 13.9 Å². The van der Waals surface area contributed by atoms with Gasteiger partial charge in [0, 0.05) is 12.7 Å². The summed E-state index contributed by atoms with van der Waals surface area (Å²) in [6.45, 7) is 0.973. The number of carbonyl (C=O) groups is 1. The van der Waals surface area contributed by atoms with Crippen LogP contribution in [0.1, 0.15) is 5.69 Å². The fraction of sp³-hybridized carbons (Fsp3) is 0.250. The molecule has 1 aliphatic heterocycles. The molecule has 9 nitrogen and oxygen atoms in total. The lowest BCUT2D eigenvalue weighted by molar-refractivity contribution is 0.145. The minimum atomic E-state index is -0.523. The summed E-state index contributed by atoms with van der Waals surface area (Å²) in [5.74, 6) is -0.476. The van der Waals surface area contributed by atoms with E-state index < -0.39 is 11.9 Å². The molecule has 0 aliphatic carbocycles. The van der Waals surface area contributed by atoms with Gasteiger partial charge in [-0.05, 0) is 18.2 Å². The number of hydrogen-bond acceptors (Lipinski definition) is 6. The van der Waals surface area contributed by atoms with Crippen LogP contribution in [0.25, 0.3) is 5.69 Å². The van der Waals surface area contributed by atoms with E-state index in [1.54, 1.807) is 33.9 Å². The zero-order valence-electron chi connectivity index (χ0n) is 13.7. The van der Waals surface area contributed by atoms with Crippen molar-refractivity contribution in [2.75, 3.05) is 18.0 Å². The normalized spacial score (nSPS) is 16.9. The average molecular weight is 357 g/mol. The van der Waals surface area contributed by atoms with Gasteiger partial charge < -0.3 is 15.0 Å². The third kappa shape index (κ3) is 3.02. The number of ether oxygens (including phenoxy) is 1. The number of rotatable bonds is 5. The second-order valence-electron chi connectivity index (χ2n) is 5.85. The molecule has 1 atom stereocenters. The maximum atomic E-state index is 14.6.